The van der Waals surface area contributed by atoms with Crippen molar-refractivity contribution < 1.29 is 21.6 Å². The van der Waals surface area contributed by atoms with Gasteiger partial charge in [0.1, 0.15) is 0 Å². The zero-order valence-corrected chi connectivity index (χ0v) is 11.1. The summed E-state index contributed by atoms with van der Waals surface area (Å²) in [6, 6.07) is 2.93. The molecule has 0 amide bonds. The minimum absolute atomic E-state index is 0.0200. The van der Waals surface area contributed by atoms with Crippen LogP contribution in [0.25, 0.3) is 0 Å². The molecule has 0 aromatic heterocycles. The highest BCUT2D eigenvalue weighted by atomic mass is 32.2. The van der Waals surface area contributed by atoms with E-state index in [1.807, 2.05) is 0 Å². The van der Waals surface area contributed by atoms with E-state index in [9.17, 15) is 21.6 Å². The fraction of sp³-hybridized carbons (Fsp3) is 0.455. The summed E-state index contributed by atoms with van der Waals surface area (Å²) in [5.74, 6) is 0. The Morgan fingerprint density at radius 2 is 1.95 bits per heavy atom. The standard InChI is InChI=1S/C11H15F3N2O2S/c1-8-3-4-9(7-10(8)11(12,13)14)19(17,18)16-6-2-5-15/h3-4,7,16H,2,5-6,15H2,1H3. The van der Waals surface area contributed by atoms with Crippen molar-refractivity contribution in [2.75, 3.05) is 13.1 Å². The summed E-state index contributed by atoms with van der Waals surface area (Å²) >= 11 is 0. The molecule has 0 aliphatic rings. The van der Waals surface area contributed by atoms with Crippen LogP contribution in [0.1, 0.15) is 17.5 Å². The van der Waals surface area contributed by atoms with E-state index in [0.29, 0.717) is 19.0 Å². The summed E-state index contributed by atoms with van der Waals surface area (Å²) in [5, 5.41) is 0. The highest BCUT2D eigenvalue weighted by molar-refractivity contribution is 7.89. The van der Waals surface area contributed by atoms with Crippen LogP contribution < -0.4 is 10.5 Å². The van der Waals surface area contributed by atoms with Gasteiger partial charge in [0.2, 0.25) is 10.0 Å². The van der Waals surface area contributed by atoms with Crippen LogP contribution in [0, 0.1) is 6.92 Å². The molecule has 1 aromatic carbocycles. The first kappa shape index (κ1) is 15.9. The van der Waals surface area contributed by atoms with Crippen molar-refractivity contribution in [3.63, 3.8) is 0 Å². The van der Waals surface area contributed by atoms with Crippen molar-refractivity contribution in [2.45, 2.75) is 24.4 Å². The monoisotopic (exact) mass is 296 g/mol. The van der Waals surface area contributed by atoms with Crippen molar-refractivity contribution in [3.05, 3.63) is 29.3 Å². The van der Waals surface area contributed by atoms with Crippen molar-refractivity contribution in [3.8, 4) is 0 Å². The normalized spacial score (nSPS) is 12.7. The quantitative estimate of drug-likeness (QED) is 0.811. The van der Waals surface area contributed by atoms with Crippen LogP contribution in [-0.4, -0.2) is 21.5 Å². The first-order chi connectivity index (χ1) is 8.68. The first-order valence-corrected chi connectivity index (χ1v) is 7.04. The Bertz CT molecular complexity index is 541. The Morgan fingerprint density at radius 3 is 2.47 bits per heavy atom. The smallest absolute Gasteiger partial charge is 0.330 e. The van der Waals surface area contributed by atoms with Crippen molar-refractivity contribution in [1.29, 1.82) is 0 Å². The van der Waals surface area contributed by atoms with Gasteiger partial charge in [-0.3, -0.25) is 0 Å². The Kier molecular flexibility index (Phi) is 4.94. The maximum Gasteiger partial charge on any atom is 0.416 e. The molecule has 0 saturated carbocycles. The van der Waals surface area contributed by atoms with Crippen molar-refractivity contribution in [2.24, 2.45) is 5.73 Å². The number of hydrogen-bond donors (Lipinski definition) is 2. The Morgan fingerprint density at radius 1 is 1.32 bits per heavy atom. The van der Waals surface area contributed by atoms with Crippen LogP contribution in [0.3, 0.4) is 0 Å². The number of halogens is 3. The Hall–Kier alpha value is -1.12. The fourth-order valence-electron chi connectivity index (χ4n) is 1.47. The summed E-state index contributed by atoms with van der Waals surface area (Å²) in [6.07, 6.45) is -4.16. The predicted molar refractivity (Wildman–Crippen MR) is 65.0 cm³/mol. The minimum atomic E-state index is -4.58. The molecule has 0 unspecified atom stereocenters. The number of aryl methyl sites for hydroxylation is 1. The highest BCUT2D eigenvalue weighted by Gasteiger charge is 2.33. The van der Waals surface area contributed by atoms with E-state index in [0.717, 1.165) is 12.1 Å². The number of alkyl halides is 3. The number of hydrogen-bond acceptors (Lipinski definition) is 3. The van der Waals surface area contributed by atoms with Crippen LogP contribution in [-0.2, 0) is 16.2 Å². The maximum absolute atomic E-state index is 12.7. The topological polar surface area (TPSA) is 72.2 Å². The molecule has 19 heavy (non-hydrogen) atoms. The molecular weight excluding hydrogens is 281 g/mol. The minimum Gasteiger partial charge on any atom is -0.330 e. The van der Waals surface area contributed by atoms with E-state index < -0.39 is 26.7 Å². The van der Waals surface area contributed by atoms with Gasteiger partial charge >= 0.3 is 6.18 Å². The zero-order chi connectivity index (χ0) is 14.7. The number of nitrogens with two attached hydrogens (primary N) is 1. The summed E-state index contributed by atoms with van der Waals surface area (Å²) < 4.78 is 63.8. The molecule has 4 nitrogen and oxygen atoms in total. The van der Waals surface area contributed by atoms with Crippen LogP contribution in [0.5, 0.6) is 0 Å². The third-order valence-corrected chi connectivity index (χ3v) is 3.96. The third kappa shape index (κ3) is 4.19. The van der Waals surface area contributed by atoms with Gasteiger partial charge in [0.05, 0.1) is 10.5 Å². The lowest BCUT2D eigenvalue weighted by molar-refractivity contribution is -0.138. The molecule has 0 fully saturated rings. The first-order valence-electron chi connectivity index (χ1n) is 5.56. The van der Waals surface area contributed by atoms with Gasteiger partial charge < -0.3 is 5.73 Å². The molecule has 0 radical (unpaired) electrons. The van der Waals surface area contributed by atoms with Gasteiger partial charge in [-0.25, -0.2) is 13.1 Å². The predicted octanol–water partition coefficient (Wildman–Crippen LogP) is 1.64. The molecular formula is C11H15F3N2O2S. The lowest BCUT2D eigenvalue weighted by atomic mass is 10.1. The molecule has 1 aromatic rings. The van der Waals surface area contributed by atoms with Crippen LogP contribution in [0.2, 0.25) is 0 Å². The van der Waals surface area contributed by atoms with Gasteiger partial charge in [-0.05, 0) is 37.6 Å². The van der Waals surface area contributed by atoms with Gasteiger partial charge in [-0.1, -0.05) is 6.07 Å². The summed E-state index contributed by atoms with van der Waals surface area (Å²) in [5.41, 5.74) is 4.24. The van der Waals surface area contributed by atoms with Crippen molar-refractivity contribution in [1.82, 2.24) is 4.72 Å². The average Bonchev–Trinajstić information content (AvgIpc) is 2.27. The second-order valence-electron chi connectivity index (χ2n) is 4.01. The van der Waals surface area contributed by atoms with Crippen LogP contribution in [0.15, 0.2) is 23.1 Å². The SMILES string of the molecule is Cc1ccc(S(=O)(=O)NCCCN)cc1C(F)(F)F. The second-order valence-corrected chi connectivity index (χ2v) is 5.78. The van der Waals surface area contributed by atoms with Crippen molar-refractivity contribution >= 4 is 10.0 Å². The molecule has 108 valence electrons. The largest absolute Gasteiger partial charge is 0.416 e. The lowest BCUT2D eigenvalue weighted by Crippen LogP contribution is -2.26. The Balaban J connectivity index is 3.09. The van der Waals surface area contributed by atoms with E-state index in [-0.39, 0.29) is 12.1 Å². The summed E-state index contributed by atoms with van der Waals surface area (Å²) in [6.45, 7) is 1.67. The molecule has 0 aliphatic carbocycles. The molecule has 0 atom stereocenters. The number of sulfonamides is 1. The number of rotatable bonds is 5. The van der Waals surface area contributed by atoms with Crippen LogP contribution >= 0.6 is 0 Å². The van der Waals surface area contributed by atoms with Gasteiger partial charge in [-0.2, -0.15) is 13.2 Å². The molecule has 3 N–H and O–H groups in total. The molecule has 8 heteroatoms. The van der Waals surface area contributed by atoms with Gasteiger partial charge in [0.25, 0.3) is 0 Å². The number of nitrogens with one attached hydrogen (secondary N) is 1. The van der Waals surface area contributed by atoms with Gasteiger partial charge in [0, 0.05) is 6.54 Å². The maximum atomic E-state index is 12.7. The highest BCUT2D eigenvalue weighted by Crippen LogP contribution is 2.33. The van der Waals surface area contributed by atoms with E-state index in [2.05, 4.69) is 4.72 Å². The van der Waals surface area contributed by atoms with E-state index in [1.165, 1.54) is 6.92 Å². The molecule has 0 spiro atoms. The second kappa shape index (κ2) is 5.89. The molecule has 0 bridgehead atoms. The summed E-state index contributed by atoms with van der Waals surface area (Å²) in [4.78, 5) is -0.401. The van der Waals surface area contributed by atoms with Gasteiger partial charge in [0.15, 0.2) is 0 Å². The fourth-order valence-corrected chi connectivity index (χ4v) is 2.57. The number of benzene rings is 1. The lowest BCUT2D eigenvalue weighted by Gasteiger charge is -2.12. The van der Waals surface area contributed by atoms with E-state index >= 15 is 0 Å². The zero-order valence-electron chi connectivity index (χ0n) is 10.3. The summed E-state index contributed by atoms with van der Waals surface area (Å²) in [7, 11) is -3.94. The molecule has 0 heterocycles. The molecule has 0 aliphatic heterocycles. The molecule has 0 saturated heterocycles. The average molecular weight is 296 g/mol. The van der Waals surface area contributed by atoms with E-state index in [4.69, 9.17) is 5.73 Å². The Labute approximate surface area is 109 Å². The van der Waals surface area contributed by atoms with E-state index in [1.54, 1.807) is 0 Å². The van der Waals surface area contributed by atoms with Gasteiger partial charge in [-0.15, -0.1) is 0 Å². The van der Waals surface area contributed by atoms with Crippen LogP contribution in [0.4, 0.5) is 13.2 Å². The molecule has 1 rings (SSSR count). The third-order valence-electron chi connectivity index (χ3n) is 2.50.